The predicted molar refractivity (Wildman–Crippen MR) is 57.5 cm³/mol. The van der Waals surface area contributed by atoms with E-state index in [-0.39, 0.29) is 36.6 Å². The van der Waals surface area contributed by atoms with Crippen LogP contribution in [-0.2, 0) is 14.4 Å². The number of hydrogen-bond acceptors (Lipinski definition) is 4. The number of ketones is 3. The van der Waals surface area contributed by atoms with Crippen LogP contribution in [0.5, 0.6) is 0 Å². The highest BCUT2D eigenvalue weighted by atomic mass is 16.1. The van der Waals surface area contributed by atoms with E-state index in [0.717, 1.165) is 0 Å². The molecule has 0 saturated heterocycles. The summed E-state index contributed by atoms with van der Waals surface area (Å²) in [7, 11) is 0. The molecule has 2 N–H and O–H groups in total. The zero-order chi connectivity index (χ0) is 11.7. The molecule has 0 aromatic rings. The number of Topliss-reactive ketones (excluding diaryl/α,β-unsaturated/α-hetero) is 3. The van der Waals surface area contributed by atoms with E-state index in [0.29, 0.717) is 25.8 Å². The highest BCUT2D eigenvalue weighted by molar-refractivity contribution is 5.88. The van der Waals surface area contributed by atoms with Gasteiger partial charge in [0, 0.05) is 38.5 Å². The average Bonchev–Trinajstić information content (AvgIpc) is 2.23. The first-order valence-corrected chi connectivity index (χ1v) is 5.35. The fraction of sp³-hybridized carbons (Fsp3) is 0.727. The van der Waals surface area contributed by atoms with E-state index >= 15 is 0 Å². The maximum absolute atomic E-state index is 11.2. The zero-order valence-electron chi connectivity index (χ0n) is 9.25. The Bertz CT molecular complexity index is 236. The van der Waals surface area contributed by atoms with Gasteiger partial charge in [0.2, 0.25) is 0 Å². The Morgan fingerprint density at radius 3 is 1.60 bits per heavy atom. The first-order valence-electron chi connectivity index (χ1n) is 5.35. The molecule has 0 rings (SSSR count). The molecule has 4 nitrogen and oxygen atoms in total. The molecule has 0 saturated carbocycles. The monoisotopic (exact) mass is 213 g/mol. The van der Waals surface area contributed by atoms with Gasteiger partial charge in [-0.3, -0.25) is 14.4 Å². The molecule has 0 aliphatic rings. The van der Waals surface area contributed by atoms with E-state index in [1.54, 1.807) is 6.92 Å². The summed E-state index contributed by atoms with van der Waals surface area (Å²) in [5.74, 6) is 0.103. The minimum atomic E-state index is -0.0119. The maximum atomic E-state index is 11.2. The molecule has 0 radical (unpaired) electrons. The molecule has 0 fully saturated rings. The van der Waals surface area contributed by atoms with Crippen LogP contribution in [0.2, 0.25) is 0 Å². The third kappa shape index (κ3) is 8.00. The van der Waals surface area contributed by atoms with Gasteiger partial charge in [0.05, 0.1) is 0 Å². The first kappa shape index (κ1) is 14.0. The average molecular weight is 213 g/mol. The molecule has 15 heavy (non-hydrogen) atoms. The van der Waals surface area contributed by atoms with Crippen molar-refractivity contribution >= 4 is 17.3 Å². The Labute approximate surface area is 90.2 Å². The van der Waals surface area contributed by atoms with Crippen LogP contribution in [0.4, 0.5) is 0 Å². The smallest absolute Gasteiger partial charge is 0.134 e. The molecule has 0 spiro atoms. The summed E-state index contributed by atoms with van der Waals surface area (Å²) in [6, 6.07) is 0. The summed E-state index contributed by atoms with van der Waals surface area (Å²) >= 11 is 0. The fourth-order valence-corrected chi connectivity index (χ4v) is 1.15. The largest absolute Gasteiger partial charge is 0.330 e. The Hall–Kier alpha value is -1.03. The zero-order valence-corrected chi connectivity index (χ0v) is 9.25. The third-order valence-corrected chi connectivity index (χ3v) is 2.18. The predicted octanol–water partition coefficient (Wildman–Crippen LogP) is 1.01. The molecule has 86 valence electrons. The maximum Gasteiger partial charge on any atom is 0.134 e. The number of rotatable bonds is 9. The molecular formula is C11H19NO3. The molecule has 0 atom stereocenters. The van der Waals surface area contributed by atoms with Crippen LogP contribution in [0.25, 0.3) is 0 Å². The van der Waals surface area contributed by atoms with Crippen LogP contribution in [-0.4, -0.2) is 23.9 Å². The molecule has 0 unspecified atom stereocenters. The molecule has 0 aliphatic carbocycles. The second-order valence-corrected chi connectivity index (χ2v) is 3.51. The normalized spacial score (nSPS) is 10.0. The third-order valence-electron chi connectivity index (χ3n) is 2.18. The molecule has 0 heterocycles. The van der Waals surface area contributed by atoms with Gasteiger partial charge in [-0.25, -0.2) is 0 Å². The van der Waals surface area contributed by atoms with Crippen molar-refractivity contribution in [2.24, 2.45) is 5.73 Å². The van der Waals surface area contributed by atoms with E-state index < -0.39 is 0 Å². The highest BCUT2D eigenvalue weighted by Gasteiger charge is 2.08. The Balaban J connectivity index is 3.57. The topological polar surface area (TPSA) is 77.2 Å². The number of carbonyl (C=O) groups is 3. The quantitative estimate of drug-likeness (QED) is 0.620. The van der Waals surface area contributed by atoms with Gasteiger partial charge in [0.15, 0.2) is 0 Å². The summed E-state index contributed by atoms with van der Waals surface area (Å²) < 4.78 is 0. The van der Waals surface area contributed by atoms with Crippen molar-refractivity contribution in [3.05, 3.63) is 0 Å². The minimum absolute atomic E-state index is 0.0119. The van der Waals surface area contributed by atoms with Crippen LogP contribution >= 0.6 is 0 Å². The highest BCUT2D eigenvalue weighted by Crippen LogP contribution is 2.02. The van der Waals surface area contributed by atoms with Gasteiger partial charge in [0.1, 0.15) is 17.3 Å². The molecule has 0 bridgehead atoms. The number of carbonyl (C=O) groups excluding carboxylic acids is 3. The van der Waals surface area contributed by atoms with E-state index in [2.05, 4.69) is 0 Å². The van der Waals surface area contributed by atoms with E-state index in [4.69, 9.17) is 5.73 Å². The van der Waals surface area contributed by atoms with Crippen molar-refractivity contribution < 1.29 is 14.4 Å². The van der Waals surface area contributed by atoms with Crippen molar-refractivity contribution in [3.63, 3.8) is 0 Å². The first-order chi connectivity index (χ1) is 7.10. The Morgan fingerprint density at radius 1 is 0.800 bits per heavy atom. The van der Waals surface area contributed by atoms with Crippen LogP contribution in [0.15, 0.2) is 0 Å². The van der Waals surface area contributed by atoms with Crippen LogP contribution in [0, 0.1) is 0 Å². The standard InChI is InChI=1S/C11H19NO3/c1-2-9(13)3-4-10(14)5-6-11(15)7-8-12/h2-8,12H2,1H3. The van der Waals surface area contributed by atoms with Crippen molar-refractivity contribution in [1.29, 1.82) is 0 Å². The van der Waals surface area contributed by atoms with Crippen LogP contribution in [0.3, 0.4) is 0 Å². The van der Waals surface area contributed by atoms with Crippen molar-refractivity contribution in [1.82, 2.24) is 0 Å². The lowest BCUT2D eigenvalue weighted by Gasteiger charge is -1.99. The Kier molecular flexibility index (Phi) is 7.72. The lowest BCUT2D eigenvalue weighted by atomic mass is 10.0. The summed E-state index contributed by atoms with van der Waals surface area (Å²) in [4.78, 5) is 33.2. The van der Waals surface area contributed by atoms with Gasteiger partial charge in [0.25, 0.3) is 0 Å². The van der Waals surface area contributed by atoms with E-state index in [9.17, 15) is 14.4 Å². The van der Waals surface area contributed by atoms with E-state index in [1.807, 2.05) is 0 Å². The van der Waals surface area contributed by atoms with Gasteiger partial charge in [-0.2, -0.15) is 0 Å². The molecule has 0 amide bonds. The van der Waals surface area contributed by atoms with Crippen molar-refractivity contribution in [3.8, 4) is 0 Å². The molecular weight excluding hydrogens is 194 g/mol. The summed E-state index contributed by atoms with van der Waals surface area (Å²) in [5, 5.41) is 0. The lowest BCUT2D eigenvalue weighted by Crippen LogP contribution is -2.10. The second-order valence-electron chi connectivity index (χ2n) is 3.51. The summed E-state index contributed by atoms with van der Waals surface area (Å²) in [5.41, 5.74) is 5.20. The van der Waals surface area contributed by atoms with Crippen LogP contribution < -0.4 is 5.73 Å². The fourth-order valence-electron chi connectivity index (χ4n) is 1.15. The number of nitrogens with two attached hydrogens (primary N) is 1. The van der Waals surface area contributed by atoms with Gasteiger partial charge in [-0.05, 0) is 6.54 Å². The van der Waals surface area contributed by atoms with Crippen molar-refractivity contribution in [2.75, 3.05) is 6.54 Å². The molecule has 0 aliphatic heterocycles. The van der Waals surface area contributed by atoms with Gasteiger partial charge in [-0.15, -0.1) is 0 Å². The van der Waals surface area contributed by atoms with Crippen molar-refractivity contribution in [2.45, 2.75) is 45.4 Å². The van der Waals surface area contributed by atoms with Gasteiger partial charge >= 0.3 is 0 Å². The second kappa shape index (κ2) is 8.29. The van der Waals surface area contributed by atoms with E-state index in [1.165, 1.54) is 0 Å². The lowest BCUT2D eigenvalue weighted by molar-refractivity contribution is -0.125. The molecule has 4 heteroatoms. The summed E-state index contributed by atoms with van der Waals surface area (Å²) in [6.07, 6.45) is 1.88. The van der Waals surface area contributed by atoms with Gasteiger partial charge in [-0.1, -0.05) is 6.92 Å². The molecule has 0 aromatic heterocycles. The Morgan fingerprint density at radius 2 is 1.20 bits per heavy atom. The minimum Gasteiger partial charge on any atom is -0.330 e. The van der Waals surface area contributed by atoms with Crippen LogP contribution in [0.1, 0.15) is 45.4 Å². The summed E-state index contributed by atoms with van der Waals surface area (Å²) in [6.45, 7) is 2.11. The SMILES string of the molecule is CCC(=O)CCC(=O)CCC(=O)CCN. The molecule has 0 aromatic carbocycles. The van der Waals surface area contributed by atoms with Gasteiger partial charge < -0.3 is 5.73 Å². The number of hydrogen-bond donors (Lipinski definition) is 1.